The Morgan fingerprint density at radius 1 is 1.31 bits per heavy atom. The van der Waals surface area contributed by atoms with Crippen molar-refractivity contribution < 1.29 is 27.2 Å². The lowest BCUT2D eigenvalue weighted by molar-refractivity contribution is -0.144. The number of aryl methyl sites for hydroxylation is 1. The van der Waals surface area contributed by atoms with Crippen LogP contribution >= 0.6 is 23.4 Å². The summed E-state index contributed by atoms with van der Waals surface area (Å²) >= 11 is 7.17. The first-order chi connectivity index (χ1) is 13.7. The average Bonchev–Trinajstić information content (AvgIpc) is 3.34. The Kier molecular flexibility index (Phi) is 6.74. The molecule has 1 aliphatic rings. The van der Waals surface area contributed by atoms with Crippen molar-refractivity contribution in [3.05, 3.63) is 41.4 Å². The topological polar surface area (TPSA) is 75.4 Å². The first-order valence-electron chi connectivity index (χ1n) is 8.65. The number of amides is 2. The van der Waals surface area contributed by atoms with Gasteiger partial charge in [0.2, 0.25) is 11.8 Å². The highest BCUT2D eigenvalue weighted by molar-refractivity contribution is 7.99. The van der Waals surface area contributed by atoms with Gasteiger partial charge in [0.05, 0.1) is 12.1 Å². The van der Waals surface area contributed by atoms with Gasteiger partial charge in [0.25, 0.3) is 0 Å². The van der Waals surface area contributed by atoms with E-state index in [1.807, 2.05) is 5.32 Å². The van der Waals surface area contributed by atoms with Crippen molar-refractivity contribution in [1.82, 2.24) is 15.2 Å². The molecule has 0 bridgehead atoms. The smallest absolute Gasteiger partial charge is 0.405 e. The molecule has 1 saturated heterocycles. The number of alkyl halides is 3. The van der Waals surface area contributed by atoms with Crippen LogP contribution in [-0.2, 0) is 16.0 Å². The van der Waals surface area contributed by atoms with E-state index in [9.17, 15) is 22.8 Å². The van der Waals surface area contributed by atoms with E-state index in [1.54, 1.807) is 30.5 Å². The van der Waals surface area contributed by atoms with Gasteiger partial charge >= 0.3 is 6.18 Å². The van der Waals surface area contributed by atoms with Crippen molar-refractivity contribution in [3.8, 4) is 11.3 Å². The van der Waals surface area contributed by atoms with Gasteiger partial charge in [-0.1, -0.05) is 11.6 Å². The molecular weight excluding hydrogens is 431 g/mol. The van der Waals surface area contributed by atoms with Crippen molar-refractivity contribution in [3.63, 3.8) is 0 Å². The normalized spacial score (nSPS) is 16.8. The van der Waals surface area contributed by atoms with Crippen LogP contribution in [0.2, 0.25) is 5.02 Å². The van der Waals surface area contributed by atoms with Crippen LogP contribution in [0.5, 0.6) is 0 Å². The lowest BCUT2D eigenvalue weighted by atomic mass is 10.2. The van der Waals surface area contributed by atoms with Crippen molar-refractivity contribution in [2.45, 2.75) is 25.1 Å². The lowest BCUT2D eigenvalue weighted by Gasteiger charge is -2.23. The second-order valence-electron chi connectivity index (χ2n) is 6.34. The van der Waals surface area contributed by atoms with E-state index in [2.05, 4.69) is 4.98 Å². The molecule has 0 aliphatic carbocycles. The van der Waals surface area contributed by atoms with Gasteiger partial charge in [-0.2, -0.15) is 13.2 Å². The first-order valence-corrected chi connectivity index (χ1v) is 10.2. The molecule has 2 amide bonds. The second kappa shape index (κ2) is 9.08. The maximum absolute atomic E-state index is 12.5. The number of hydrogen-bond acceptors (Lipinski definition) is 5. The Hall–Kier alpha value is -2.20. The molecule has 3 rings (SSSR count). The van der Waals surface area contributed by atoms with E-state index in [0.29, 0.717) is 16.7 Å². The fraction of sp³-hybridized carbons (Fsp3) is 0.389. The summed E-state index contributed by atoms with van der Waals surface area (Å²) in [5, 5.41) is 2.43. The van der Waals surface area contributed by atoms with E-state index in [4.69, 9.17) is 16.0 Å². The van der Waals surface area contributed by atoms with Crippen molar-refractivity contribution in [2.75, 3.05) is 18.2 Å². The number of hydrogen-bond donors (Lipinski definition) is 1. The van der Waals surface area contributed by atoms with Gasteiger partial charge in [-0.3, -0.25) is 9.59 Å². The third-order valence-electron chi connectivity index (χ3n) is 4.20. The van der Waals surface area contributed by atoms with Crippen molar-refractivity contribution in [2.24, 2.45) is 0 Å². The van der Waals surface area contributed by atoms with Crippen LogP contribution in [-0.4, -0.2) is 52.1 Å². The molecular formula is C18H17ClF3N3O3S. The Labute approximate surface area is 173 Å². The first kappa shape index (κ1) is 21.5. The Morgan fingerprint density at radius 3 is 2.72 bits per heavy atom. The number of nitrogens with one attached hydrogen (secondary N) is 1. The fourth-order valence-corrected chi connectivity index (χ4v) is 4.05. The van der Waals surface area contributed by atoms with Gasteiger partial charge < -0.3 is 14.6 Å². The minimum absolute atomic E-state index is 0.0319. The highest BCUT2D eigenvalue weighted by Crippen LogP contribution is 2.25. The van der Waals surface area contributed by atoms with Gasteiger partial charge in [-0.15, -0.1) is 11.8 Å². The van der Waals surface area contributed by atoms with Crippen molar-refractivity contribution >= 4 is 35.2 Å². The summed E-state index contributed by atoms with van der Waals surface area (Å²) in [6.45, 7) is -1.42. The quantitative estimate of drug-likeness (QED) is 0.733. The summed E-state index contributed by atoms with van der Waals surface area (Å²) < 4.78 is 42.5. The zero-order chi connectivity index (χ0) is 21.0. The highest BCUT2D eigenvalue weighted by atomic mass is 35.5. The highest BCUT2D eigenvalue weighted by Gasteiger charge is 2.36. The SMILES string of the molecule is O=C(NCC(F)(F)F)[C@H]1CSCN1C(=O)CCc1ncc(-c2ccc(Cl)cc2)o1. The Bertz CT molecular complexity index is 873. The standard InChI is InChI=1S/C18H17ClF3N3O3S/c19-12-3-1-11(2-4-12)14-7-23-15(28-14)5-6-16(26)25-10-29-8-13(25)17(27)24-9-18(20,21)22/h1-4,7,13H,5-6,8-10H2,(H,24,27)/t13-/m1/s1. The maximum atomic E-state index is 12.5. The summed E-state index contributed by atoms with van der Waals surface area (Å²) in [7, 11) is 0. The number of halogens is 4. The third kappa shape index (κ3) is 5.89. The van der Waals surface area contributed by atoms with Crippen molar-refractivity contribution in [1.29, 1.82) is 0 Å². The predicted molar refractivity (Wildman–Crippen MR) is 102 cm³/mol. The van der Waals surface area contributed by atoms with Gasteiger partial charge in [0.1, 0.15) is 12.6 Å². The molecule has 0 radical (unpaired) electrons. The van der Waals surface area contributed by atoms with Crippen LogP contribution in [0.15, 0.2) is 34.9 Å². The van der Waals surface area contributed by atoms with Gasteiger partial charge in [-0.25, -0.2) is 4.98 Å². The third-order valence-corrected chi connectivity index (χ3v) is 5.47. The minimum Gasteiger partial charge on any atom is -0.441 e. The molecule has 1 aliphatic heterocycles. The fourth-order valence-electron chi connectivity index (χ4n) is 2.74. The van der Waals surface area contributed by atoms with E-state index >= 15 is 0 Å². The monoisotopic (exact) mass is 447 g/mol. The number of rotatable bonds is 6. The summed E-state index contributed by atoms with van der Waals surface area (Å²) in [6.07, 6.45) is -2.71. The molecule has 11 heteroatoms. The van der Waals surface area contributed by atoms with E-state index in [0.717, 1.165) is 5.56 Å². The van der Waals surface area contributed by atoms with Crippen LogP contribution in [0.25, 0.3) is 11.3 Å². The van der Waals surface area contributed by atoms with Crippen LogP contribution in [0.4, 0.5) is 13.2 Å². The molecule has 1 fully saturated rings. The zero-order valence-electron chi connectivity index (χ0n) is 15.0. The van der Waals surface area contributed by atoms with Gasteiger partial charge in [0.15, 0.2) is 11.7 Å². The van der Waals surface area contributed by atoms with Crippen LogP contribution in [0.3, 0.4) is 0 Å². The Morgan fingerprint density at radius 2 is 2.03 bits per heavy atom. The lowest BCUT2D eigenvalue weighted by Crippen LogP contribution is -2.49. The Balaban J connectivity index is 1.54. The number of nitrogens with zero attached hydrogens (tertiary/aromatic N) is 2. The molecule has 156 valence electrons. The summed E-state index contributed by atoms with van der Waals surface area (Å²) in [6, 6.07) is 6.09. The zero-order valence-corrected chi connectivity index (χ0v) is 16.6. The number of aromatic nitrogens is 1. The molecule has 0 saturated carbocycles. The summed E-state index contributed by atoms with van der Waals surface area (Å²) in [5.74, 6) is 0.258. The molecule has 1 aromatic heterocycles. The molecule has 2 aromatic rings. The average molecular weight is 448 g/mol. The minimum atomic E-state index is -4.50. The number of thioether (sulfide) groups is 1. The number of carbonyl (C=O) groups is 2. The predicted octanol–water partition coefficient (Wildman–Crippen LogP) is 3.51. The molecule has 1 atom stereocenters. The van der Waals surface area contributed by atoms with E-state index in [1.165, 1.54) is 16.7 Å². The molecule has 1 aromatic carbocycles. The summed E-state index contributed by atoms with van der Waals surface area (Å²) in [5.41, 5.74) is 0.789. The second-order valence-corrected chi connectivity index (χ2v) is 7.77. The summed E-state index contributed by atoms with van der Waals surface area (Å²) in [4.78, 5) is 29.9. The van der Waals surface area contributed by atoms with Crippen LogP contribution < -0.4 is 5.32 Å². The number of carbonyl (C=O) groups excluding carboxylic acids is 2. The largest absolute Gasteiger partial charge is 0.441 e. The number of benzene rings is 1. The molecule has 0 unspecified atom stereocenters. The van der Waals surface area contributed by atoms with Crippen LogP contribution in [0.1, 0.15) is 12.3 Å². The maximum Gasteiger partial charge on any atom is 0.405 e. The molecule has 6 nitrogen and oxygen atoms in total. The van der Waals surface area contributed by atoms with Crippen LogP contribution in [0, 0.1) is 0 Å². The number of oxazole rings is 1. The van der Waals surface area contributed by atoms with E-state index in [-0.39, 0.29) is 30.4 Å². The molecule has 0 spiro atoms. The van der Waals surface area contributed by atoms with Gasteiger partial charge in [-0.05, 0) is 24.3 Å². The molecule has 1 N–H and O–H groups in total. The molecule has 2 heterocycles. The molecule has 29 heavy (non-hydrogen) atoms. The van der Waals surface area contributed by atoms with Gasteiger partial charge in [0, 0.05) is 29.2 Å². The van der Waals surface area contributed by atoms with E-state index < -0.39 is 24.7 Å².